The molecule has 0 spiro atoms. The standard InChI is InChI=1S/C13H17N2O9P/c1-2-3-9(17)23-11-10-7(6-21-25(19,20)24-10)22-12(11)15-5-4-8(16)14-13(15)18/h4-5,7,10-12H,2-3,6H2,1H3,(H,19,20)(H,14,16,18)/t7-,10-,11-,12-/m1/s1. The number of phosphoric acid groups is 1. The highest BCUT2D eigenvalue weighted by Crippen LogP contribution is 2.52. The number of aromatic amines is 1. The first kappa shape index (κ1) is 18.0. The van der Waals surface area contributed by atoms with Gasteiger partial charge in [0, 0.05) is 18.7 Å². The van der Waals surface area contributed by atoms with Crippen LogP contribution in [0.3, 0.4) is 0 Å². The molecule has 2 saturated heterocycles. The van der Waals surface area contributed by atoms with Gasteiger partial charge in [0.05, 0.1) is 6.61 Å². The minimum absolute atomic E-state index is 0.119. The number of rotatable bonds is 4. The molecule has 0 bridgehead atoms. The Bertz CT molecular complexity index is 818. The van der Waals surface area contributed by atoms with Crippen LogP contribution in [0.25, 0.3) is 0 Å². The molecule has 0 amide bonds. The molecule has 11 nitrogen and oxygen atoms in total. The van der Waals surface area contributed by atoms with Gasteiger partial charge >= 0.3 is 19.5 Å². The van der Waals surface area contributed by atoms with E-state index in [0.717, 1.165) is 10.6 Å². The van der Waals surface area contributed by atoms with Crippen LogP contribution >= 0.6 is 7.82 Å². The van der Waals surface area contributed by atoms with Crippen molar-refractivity contribution in [2.75, 3.05) is 6.61 Å². The van der Waals surface area contributed by atoms with E-state index in [9.17, 15) is 23.8 Å². The highest BCUT2D eigenvalue weighted by Gasteiger charge is 2.55. The van der Waals surface area contributed by atoms with Crippen molar-refractivity contribution in [3.05, 3.63) is 33.1 Å². The van der Waals surface area contributed by atoms with E-state index in [0.29, 0.717) is 6.42 Å². The Kier molecular flexibility index (Phi) is 4.94. The maximum atomic E-state index is 12.0. The fraction of sp³-hybridized carbons (Fsp3) is 0.615. The van der Waals surface area contributed by atoms with E-state index in [1.807, 2.05) is 0 Å². The van der Waals surface area contributed by atoms with Gasteiger partial charge in [0.15, 0.2) is 12.3 Å². The first-order valence-corrected chi connectivity index (χ1v) is 9.12. The number of nitrogens with one attached hydrogen (secondary N) is 1. The second-order valence-electron chi connectivity index (χ2n) is 5.62. The largest absolute Gasteiger partial charge is 0.472 e. The zero-order chi connectivity index (χ0) is 18.2. The number of carbonyl (C=O) groups excluding carboxylic acids is 1. The van der Waals surface area contributed by atoms with Gasteiger partial charge < -0.3 is 14.4 Å². The van der Waals surface area contributed by atoms with Crippen molar-refractivity contribution < 1.29 is 32.8 Å². The lowest BCUT2D eigenvalue weighted by Gasteiger charge is -2.29. The zero-order valence-corrected chi connectivity index (χ0v) is 14.1. The quantitative estimate of drug-likeness (QED) is 0.532. The van der Waals surface area contributed by atoms with Gasteiger partial charge in [-0.1, -0.05) is 6.92 Å². The summed E-state index contributed by atoms with van der Waals surface area (Å²) in [5.41, 5.74) is -1.38. The third-order valence-electron chi connectivity index (χ3n) is 3.79. The number of ether oxygens (including phenoxy) is 2. The number of aromatic nitrogens is 2. The average Bonchev–Trinajstić information content (AvgIpc) is 2.84. The summed E-state index contributed by atoms with van der Waals surface area (Å²) in [4.78, 5) is 46.8. The Balaban J connectivity index is 1.95. The van der Waals surface area contributed by atoms with E-state index in [-0.39, 0.29) is 13.0 Å². The Morgan fingerprint density at radius 3 is 2.96 bits per heavy atom. The number of esters is 1. The summed E-state index contributed by atoms with van der Waals surface area (Å²) in [6.45, 7) is 1.51. The lowest BCUT2D eigenvalue weighted by molar-refractivity contribution is -0.158. The summed E-state index contributed by atoms with van der Waals surface area (Å²) in [7, 11) is -4.31. The molecule has 2 aliphatic heterocycles. The molecule has 12 heteroatoms. The van der Waals surface area contributed by atoms with E-state index in [1.54, 1.807) is 6.92 Å². The Morgan fingerprint density at radius 2 is 2.28 bits per heavy atom. The van der Waals surface area contributed by atoms with Gasteiger partial charge in [0.2, 0.25) is 0 Å². The SMILES string of the molecule is CCCC(=O)O[C@@H]1[C@@H]2OP(=O)(O)OC[C@H]2O[C@H]1n1ccc(=O)[nH]c1=O. The highest BCUT2D eigenvalue weighted by atomic mass is 31.2. The van der Waals surface area contributed by atoms with Crippen LogP contribution in [0.5, 0.6) is 0 Å². The van der Waals surface area contributed by atoms with E-state index in [1.165, 1.54) is 6.20 Å². The molecule has 1 aromatic rings. The number of fused-ring (bicyclic) bond motifs is 1. The van der Waals surface area contributed by atoms with Crippen LogP contribution in [0.2, 0.25) is 0 Å². The maximum absolute atomic E-state index is 12.0. The van der Waals surface area contributed by atoms with Crippen molar-refractivity contribution in [1.82, 2.24) is 9.55 Å². The van der Waals surface area contributed by atoms with Crippen LogP contribution in [0.15, 0.2) is 21.9 Å². The number of H-pyrrole nitrogens is 1. The number of hydrogen-bond acceptors (Lipinski definition) is 8. The van der Waals surface area contributed by atoms with E-state index >= 15 is 0 Å². The zero-order valence-electron chi connectivity index (χ0n) is 13.2. The molecule has 5 atom stereocenters. The molecule has 0 saturated carbocycles. The van der Waals surface area contributed by atoms with Gasteiger partial charge in [-0.2, -0.15) is 0 Å². The van der Waals surface area contributed by atoms with Gasteiger partial charge in [-0.25, -0.2) is 9.36 Å². The molecule has 3 rings (SSSR count). The lowest BCUT2D eigenvalue weighted by atomic mass is 10.1. The molecule has 2 fully saturated rings. The molecule has 0 aliphatic carbocycles. The summed E-state index contributed by atoms with van der Waals surface area (Å²) in [6.07, 6.45) is -2.37. The molecular weight excluding hydrogens is 359 g/mol. The summed E-state index contributed by atoms with van der Waals surface area (Å²) < 4.78 is 33.4. The normalized spacial score (nSPS) is 34.5. The van der Waals surface area contributed by atoms with E-state index in [2.05, 4.69) is 4.98 Å². The first-order valence-electron chi connectivity index (χ1n) is 7.63. The molecule has 25 heavy (non-hydrogen) atoms. The number of carbonyl (C=O) groups is 1. The van der Waals surface area contributed by atoms with Crippen molar-refractivity contribution in [3.63, 3.8) is 0 Å². The Hall–Kier alpha value is -1.78. The molecule has 3 heterocycles. The first-order chi connectivity index (χ1) is 11.8. The second kappa shape index (κ2) is 6.85. The summed E-state index contributed by atoms with van der Waals surface area (Å²) in [5, 5.41) is 0. The minimum Gasteiger partial charge on any atom is -0.455 e. The third-order valence-corrected chi connectivity index (χ3v) is 4.77. The van der Waals surface area contributed by atoms with Gasteiger partial charge in [0.1, 0.15) is 12.2 Å². The Labute approximate surface area is 141 Å². The summed E-state index contributed by atoms with van der Waals surface area (Å²) in [6, 6.07) is 1.10. The molecule has 2 aliphatic rings. The average molecular weight is 376 g/mol. The van der Waals surface area contributed by atoms with Crippen molar-refractivity contribution in [3.8, 4) is 0 Å². The molecular formula is C13H17N2O9P. The van der Waals surface area contributed by atoms with Crippen LogP contribution in [0.4, 0.5) is 0 Å². The molecule has 1 aromatic heterocycles. The maximum Gasteiger partial charge on any atom is 0.472 e. The fourth-order valence-corrected chi connectivity index (χ4v) is 3.67. The van der Waals surface area contributed by atoms with Gasteiger partial charge in [-0.05, 0) is 6.42 Å². The molecule has 2 N–H and O–H groups in total. The number of nitrogens with zero attached hydrogens (tertiary/aromatic N) is 1. The number of hydrogen-bond donors (Lipinski definition) is 2. The van der Waals surface area contributed by atoms with Crippen LogP contribution < -0.4 is 11.2 Å². The minimum atomic E-state index is -4.31. The predicted molar refractivity (Wildman–Crippen MR) is 80.7 cm³/mol. The van der Waals surface area contributed by atoms with E-state index < -0.39 is 49.6 Å². The van der Waals surface area contributed by atoms with Crippen molar-refractivity contribution in [1.29, 1.82) is 0 Å². The lowest BCUT2D eigenvalue weighted by Crippen LogP contribution is -2.43. The van der Waals surface area contributed by atoms with Gasteiger partial charge in [0.25, 0.3) is 5.56 Å². The van der Waals surface area contributed by atoms with Crippen molar-refractivity contribution >= 4 is 13.8 Å². The van der Waals surface area contributed by atoms with Crippen LogP contribution in [-0.2, 0) is 27.9 Å². The third kappa shape index (κ3) is 3.75. The van der Waals surface area contributed by atoms with Gasteiger partial charge in [-0.15, -0.1) is 0 Å². The summed E-state index contributed by atoms with van der Waals surface area (Å²) in [5.74, 6) is -0.568. The van der Waals surface area contributed by atoms with Crippen molar-refractivity contribution in [2.24, 2.45) is 0 Å². The fourth-order valence-electron chi connectivity index (χ4n) is 2.71. The smallest absolute Gasteiger partial charge is 0.455 e. The molecule has 0 aromatic carbocycles. The van der Waals surface area contributed by atoms with Crippen LogP contribution in [-0.4, -0.2) is 45.3 Å². The van der Waals surface area contributed by atoms with Crippen molar-refractivity contribution in [2.45, 2.75) is 44.3 Å². The molecule has 138 valence electrons. The van der Waals surface area contributed by atoms with Crippen LogP contribution in [0.1, 0.15) is 26.0 Å². The Morgan fingerprint density at radius 1 is 1.52 bits per heavy atom. The van der Waals surface area contributed by atoms with E-state index in [4.69, 9.17) is 18.5 Å². The topological polar surface area (TPSA) is 146 Å². The monoisotopic (exact) mass is 376 g/mol. The predicted octanol–water partition coefficient (Wildman–Crippen LogP) is -0.338. The second-order valence-corrected chi connectivity index (χ2v) is 7.03. The molecule has 0 radical (unpaired) electrons. The highest BCUT2D eigenvalue weighted by molar-refractivity contribution is 7.47. The van der Waals surface area contributed by atoms with Crippen LogP contribution in [0, 0.1) is 0 Å². The van der Waals surface area contributed by atoms with Gasteiger partial charge in [-0.3, -0.25) is 28.2 Å². The summed E-state index contributed by atoms with van der Waals surface area (Å²) >= 11 is 0. The number of phosphoric ester groups is 1. The molecule has 1 unspecified atom stereocenters.